The number of aromatic amines is 1. The molecule has 0 aliphatic rings. The lowest BCUT2D eigenvalue weighted by atomic mass is 10.2. The van der Waals surface area contributed by atoms with Gasteiger partial charge < -0.3 is 10.3 Å². The van der Waals surface area contributed by atoms with E-state index in [2.05, 4.69) is 15.3 Å². The molecule has 3 aromatic rings. The van der Waals surface area contributed by atoms with E-state index in [1.54, 1.807) is 12.1 Å². The molecule has 0 saturated carbocycles. The number of thioether (sulfide) groups is 1. The molecular weight excluding hydrogens is 417 g/mol. The Morgan fingerprint density at radius 3 is 2.57 bits per heavy atom. The molecule has 0 aliphatic carbocycles. The van der Waals surface area contributed by atoms with Crippen LogP contribution >= 0.6 is 35.0 Å². The summed E-state index contributed by atoms with van der Waals surface area (Å²) in [6.45, 7) is 0.432. The van der Waals surface area contributed by atoms with Crippen molar-refractivity contribution in [2.75, 3.05) is 0 Å². The summed E-state index contributed by atoms with van der Waals surface area (Å²) < 4.78 is 0. The number of nitrogens with zero attached hydrogens (tertiary/aromatic N) is 1. The van der Waals surface area contributed by atoms with Crippen LogP contribution in [0.25, 0.3) is 0 Å². The van der Waals surface area contributed by atoms with Crippen molar-refractivity contribution in [3.63, 3.8) is 0 Å². The van der Waals surface area contributed by atoms with Gasteiger partial charge in [0.25, 0.3) is 5.56 Å². The van der Waals surface area contributed by atoms with Gasteiger partial charge in [-0.1, -0.05) is 71.4 Å². The molecule has 28 heavy (non-hydrogen) atoms. The van der Waals surface area contributed by atoms with Crippen LogP contribution in [0.4, 0.5) is 0 Å². The van der Waals surface area contributed by atoms with Crippen LogP contribution in [0.2, 0.25) is 10.0 Å². The Morgan fingerprint density at radius 2 is 1.82 bits per heavy atom. The number of nitrogens with one attached hydrogen (secondary N) is 2. The molecule has 0 unspecified atom stereocenters. The van der Waals surface area contributed by atoms with E-state index in [0.717, 1.165) is 11.1 Å². The average molecular weight is 434 g/mol. The molecule has 144 valence electrons. The molecule has 3 rings (SSSR count). The highest BCUT2D eigenvalue weighted by atomic mass is 35.5. The van der Waals surface area contributed by atoms with Crippen molar-refractivity contribution in [3.8, 4) is 0 Å². The maximum Gasteiger partial charge on any atom is 0.251 e. The van der Waals surface area contributed by atoms with E-state index >= 15 is 0 Å². The molecule has 5 nitrogen and oxygen atoms in total. The molecule has 1 aromatic heterocycles. The molecule has 0 atom stereocenters. The van der Waals surface area contributed by atoms with Crippen molar-refractivity contribution in [3.05, 3.63) is 91.8 Å². The third-order valence-electron chi connectivity index (χ3n) is 3.81. The van der Waals surface area contributed by atoms with Gasteiger partial charge in [-0.05, 0) is 23.3 Å². The molecule has 2 N–H and O–H groups in total. The summed E-state index contributed by atoms with van der Waals surface area (Å²) in [5.41, 5.74) is 2.09. The number of carbonyl (C=O) groups excluding carboxylic acids is 1. The van der Waals surface area contributed by atoms with Crippen molar-refractivity contribution in [2.24, 2.45) is 0 Å². The molecule has 0 radical (unpaired) electrons. The molecule has 1 heterocycles. The fourth-order valence-electron chi connectivity index (χ4n) is 2.45. The lowest BCUT2D eigenvalue weighted by Crippen LogP contribution is -2.25. The third-order valence-corrected chi connectivity index (χ3v) is 5.49. The van der Waals surface area contributed by atoms with Crippen LogP contribution in [-0.2, 0) is 23.5 Å². The first-order chi connectivity index (χ1) is 13.5. The zero-order valence-corrected chi connectivity index (χ0v) is 17.1. The number of hydrogen-bond acceptors (Lipinski definition) is 4. The first-order valence-electron chi connectivity index (χ1n) is 8.47. The number of halogens is 2. The fraction of sp³-hybridized carbons (Fsp3) is 0.150. The van der Waals surface area contributed by atoms with E-state index in [-0.39, 0.29) is 17.9 Å². The second-order valence-corrected chi connectivity index (χ2v) is 7.80. The molecule has 1 amide bonds. The van der Waals surface area contributed by atoms with Gasteiger partial charge in [0.15, 0.2) is 5.16 Å². The minimum Gasteiger partial charge on any atom is -0.352 e. The minimum atomic E-state index is -0.294. The van der Waals surface area contributed by atoms with Gasteiger partial charge in [0, 0.05) is 18.4 Å². The third kappa shape index (κ3) is 6.12. The largest absolute Gasteiger partial charge is 0.352 e. The van der Waals surface area contributed by atoms with Gasteiger partial charge in [-0.15, -0.1) is 0 Å². The Balaban J connectivity index is 1.60. The Hall–Kier alpha value is -2.28. The molecule has 0 aliphatic heterocycles. The second-order valence-electron chi connectivity index (χ2n) is 6.02. The summed E-state index contributed by atoms with van der Waals surface area (Å²) in [7, 11) is 0. The van der Waals surface area contributed by atoms with Gasteiger partial charge in [0.1, 0.15) is 0 Å². The van der Waals surface area contributed by atoms with Crippen LogP contribution in [-0.4, -0.2) is 15.9 Å². The minimum absolute atomic E-state index is 0.0388. The van der Waals surface area contributed by atoms with Gasteiger partial charge in [-0.3, -0.25) is 9.59 Å². The predicted molar refractivity (Wildman–Crippen MR) is 113 cm³/mol. The molecular formula is C20H17Cl2N3O2S. The Morgan fingerprint density at radius 1 is 1.04 bits per heavy atom. The Kier molecular flexibility index (Phi) is 7.14. The summed E-state index contributed by atoms with van der Waals surface area (Å²) in [6.07, 6.45) is 0.0388. The number of carbonyl (C=O) groups is 1. The van der Waals surface area contributed by atoms with Gasteiger partial charge >= 0.3 is 0 Å². The van der Waals surface area contributed by atoms with Gasteiger partial charge in [0.05, 0.1) is 22.2 Å². The Bertz CT molecular complexity index is 1030. The van der Waals surface area contributed by atoms with Crippen LogP contribution in [0.3, 0.4) is 0 Å². The summed E-state index contributed by atoms with van der Waals surface area (Å²) in [5.74, 6) is 0.367. The fourth-order valence-corrected chi connectivity index (χ4v) is 3.61. The normalized spacial score (nSPS) is 10.6. The highest BCUT2D eigenvalue weighted by Crippen LogP contribution is 2.26. The van der Waals surface area contributed by atoms with Crippen LogP contribution in [0, 0.1) is 0 Å². The first kappa shape index (κ1) is 20.5. The number of aromatic nitrogens is 2. The van der Waals surface area contributed by atoms with Crippen LogP contribution in [0.5, 0.6) is 0 Å². The summed E-state index contributed by atoms with van der Waals surface area (Å²) in [5, 5.41) is 4.25. The maximum absolute atomic E-state index is 12.2. The van der Waals surface area contributed by atoms with E-state index in [1.165, 1.54) is 17.8 Å². The van der Waals surface area contributed by atoms with Gasteiger partial charge in [-0.25, -0.2) is 4.98 Å². The van der Waals surface area contributed by atoms with Crippen LogP contribution in [0.1, 0.15) is 16.8 Å². The summed E-state index contributed by atoms with van der Waals surface area (Å²) in [6, 6.07) is 16.3. The summed E-state index contributed by atoms with van der Waals surface area (Å²) in [4.78, 5) is 31.1. The van der Waals surface area contributed by atoms with E-state index < -0.39 is 0 Å². The number of rotatable bonds is 7. The second kappa shape index (κ2) is 9.78. The zero-order chi connectivity index (χ0) is 19.9. The number of amides is 1. The lowest BCUT2D eigenvalue weighted by molar-refractivity contribution is -0.120. The highest BCUT2D eigenvalue weighted by Gasteiger charge is 2.09. The number of benzene rings is 2. The van der Waals surface area contributed by atoms with E-state index in [9.17, 15) is 9.59 Å². The zero-order valence-electron chi connectivity index (χ0n) is 14.7. The highest BCUT2D eigenvalue weighted by molar-refractivity contribution is 7.98. The quantitative estimate of drug-likeness (QED) is 0.431. The standard InChI is InChI=1S/C20H17Cl2N3O2S/c21-16-7-6-14(8-17(16)22)12-28-20-24-15(10-19(27)25-20)9-18(26)23-11-13-4-2-1-3-5-13/h1-8,10H,9,11-12H2,(H,23,26)(H,24,25,27). The first-order valence-corrected chi connectivity index (χ1v) is 10.2. The van der Waals surface area contributed by atoms with Crippen LogP contribution in [0.15, 0.2) is 64.5 Å². The summed E-state index contributed by atoms with van der Waals surface area (Å²) >= 11 is 13.3. The molecule has 2 aromatic carbocycles. The maximum atomic E-state index is 12.2. The number of hydrogen-bond donors (Lipinski definition) is 2. The van der Waals surface area contributed by atoms with Crippen LogP contribution < -0.4 is 10.9 Å². The molecule has 0 saturated heterocycles. The predicted octanol–water partition coefficient (Wildman–Crippen LogP) is 4.23. The molecule has 0 bridgehead atoms. The van der Waals surface area contributed by atoms with Crippen molar-refractivity contribution < 1.29 is 4.79 Å². The van der Waals surface area contributed by atoms with Crippen molar-refractivity contribution in [1.82, 2.24) is 15.3 Å². The smallest absolute Gasteiger partial charge is 0.251 e. The number of H-pyrrole nitrogens is 1. The monoisotopic (exact) mass is 433 g/mol. The van der Waals surface area contributed by atoms with Gasteiger partial charge in [-0.2, -0.15) is 0 Å². The van der Waals surface area contributed by atoms with E-state index in [0.29, 0.717) is 33.2 Å². The van der Waals surface area contributed by atoms with E-state index in [1.807, 2.05) is 36.4 Å². The van der Waals surface area contributed by atoms with Crippen molar-refractivity contribution in [1.29, 1.82) is 0 Å². The lowest BCUT2D eigenvalue weighted by Gasteiger charge is -2.07. The van der Waals surface area contributed by atoms with Crippen molar-refractivity contribution >= 4 is 40.9 Å². The topological polar surface area (TPSA) is 74.8 Å². The molecule has 0 fully saturated rings. The molecule has 8 heteroatoms. The Labute approximate surface area is 176 Å². The van der Waals surface area contributed by atoms with Crippen molar-refractivity contribution in [2.45, 2.75) is 23.9 Å². The molecule has 0 spiro atoms. The van der Waals surface area contributed by atoms with E-state index in [4.69, 9.17) is 23.2 Å². The van der Waals surface area contributed by atoms with Gasteiger partial charge in [0.2, 0.25) is 5.91 Å². The average Bonchev–Trinajstić information content (AvgIpc) is 2.68. The SMILES string of the molecule is O=C(Cc1cc(=O)[nH]c(SCc2ccc(Cl)c(Cl)c2)n1)NCc1ccccc1.